The van der Waals surface area contributed by atoms with Gasteiger partial charge in [0.2, 0.25) is 5.82 Å². The summed E-state index contributed by atoms with van der Waals surface area (Å²) >= 11 is 6.08. The Kier molecular flexibility index (Phi) is 5.44. The van der Waals surface area contributed by atoms with Gasteiger partial charge in [0.25, 0.3) is 11.5 Å². The third kappa shape index (κ3) is 3.86. The first-order chi connectivity index (χ1) is 16.3. The second kappa shape index (κ2) is 8.32. The van der Waals surface area contributed by atoms with E-state index in [2.05, 4.69) is 25.4 Å². The van der Waals surface area contributed by atoms with Crippen molar-refractivity contribution in [2.75, 3.05) is 0 Å². The minimum Gasteiger partial charge on any atom is -0.340 e. The molecule has 0 radical (unpaired) electrons. The van der Waals surface area contributed by atoms with Gasteiger partial charge in [-0.25, -0.2) is 19.6 Å². The van der Waals surface area contributed by atoms with Gasteiger partial charge >= 0.3 is 0 Å². The van der Waals surface area contributed by atoms with Crippen molar-refractivity contribution in [2.45, 2.75) is 50.7 Å². The maximum Gasteiger partial charge on any atom is 0.289 e. The van der Waals surface area contributed by atoms with Gasteiger partial charge in [-0.15, -0.1) is 0 Å². The van der Waals surface area contributed by atoms with Crippen LogP contribution >= 0.6 is 11.6 Å². The molecule has 0 unspecified atom stereocenters. The number of carbonyl (C=O) groups is 1. The van der Waals surface area contributed by atoms with Crippen LogP contribution in [0.15, 0.2) is 54.0 Å². The molecule has 174 valence electrons. The Labute approximate surface area is 200 Å². The van der Waals surface area contributed by atoms with Crippen LogP contribution in [0, 0.1) is 0 Å². The van der Waals surface area contributed by atoms with Gasteiger partial charge in [-0.1, -0.05) is 35.9 Å². The number of hydrogen-bond donors (Lipinski definition) is 1. The molecule has 1 aliphatic carbocycles. The van der Waals surface area contributed by atoms with E-state index in [0.29, 0.717) is 11.2 Å². The van der Waals surface area contributed by atoms with Gasteiger partial charge in [-0.3, -0.25) is 14.2 Å². The predicted molar refractivity (Wildman–Crippen MR) is 129 cm³/mol. The summed E-state index contributed by atoms with van der Waals surface area (Å²) in [7, 11) is 0. The Morgan fingerprint density at radius 1 is 1.12 bits per heavy atom. The molecule has 5 rings (SSSR count). The number of nitrogens with one attached hydrogen (secondary N) is 1. The topological polar surface area (TPSA) is 108 Å². The van der Waals surface area contributed by atoms with Gasteiger partial charge in [0.05, 0.1) is 29.0 Å². The van der Waals surface area contributed by atoms with Crippen LogP contribution in [0.25, 0.3) is 22.2 Å². The number of nitrogens with zero attached hydrogens (tertiary/aromatic N) is 6. The number of aromatic nitrogens is 6. The zero-order valence-electron chi connectivity index (χ0n) is 19.1. The molecular weight excluding hydrogens is 454 g/mol. The van der Waals surface area contributed by atoms with Crippen molar-refractivity contribution < 1.29 is 4.79 Å². The van der Waals surface area contributed by atoms with E-state index < -0.39 is 11.0 Å². The molecule has 1 N–H and O–H groups in total. The fourth-order valence-corrected chi connectivity index (χ4v) is 4.19. The normalized spacial score (nSPS) is 15.4. The van der Waals surface area contributed by atoms with E-state index in [4.69, 9.17) is 11.6 Å². The van der Waals surface area contributed by atoms with Crippen molar-refractivity contribution in [2.24, 2.45) is 0 Å². The summed E-state index contributed by atoms with van der Waals surface area (Å²) in [4.78, 5) is 38.6. The molecule has 9 nitrogen and oxygen atoms in total. The van der Waals surface area contributed by atoms with Gasteiger partial charge in [0.1, 0.15) is 5.50 Å². The van der Waals surface area contributed by atoms with Crippen molar-refractivity contribution in [3.05, 3.63) is 70.9 Å². The lowest BCUT2D eigenvalue weighted by Crippen LogP contribution is -2.36. The second-order valence-electron chi connectivity index (χ2n) is 8.86. The van der Waals surface area contributed by atoms with Crippen LogP contribution in [-0.2, 0) is 5.54 Å². The summed E-state index contributed by atoms with van der Waals surface area (Å²) in [6, 6.07) is 7.72. The standard InChI is InChI=1S/C24H24ClN7O2/c1-14(2)32-21-17(11-28-32)10-27-20(29-21)22(33)30-24(8-9-24)18-6-4-16(5-7-18)19-12-26-13-31(15(3)25)23(19)34/h4-7,10-15H,8-9H2,1-3H3,(H,30,33)/t15-/m0/s1. The third-order valence-corrected chi connectivity index (χ3v) is 6.33. The number of alkyl halides is 1. The van der Waals surface area contributed by atoms with Gasteiger partial charge < -0.3 is 5.32 Å². The van der Waals surface area contributed by atoms with Crippen LogP contribution in [0.3, 0.4) is 0 Å². The van der Waals surface area contributed by atoms with Crippen LogP contribution in [0.4, 0.5) is 0 Å². The van der Waals surface area contributed by atoms with Crippen molar-refractivity contribution >= 4 is 28.5 Å². The molecule has 10 heteroatoms. The average Bonchev–Trinajstić information content (AvgIpc) is 3.47. The highest BCUT2D eigenvalue weighted by atomic mass is 35.5. The smallest absolute Gasteiger partial charge is 0.289 e. The Hall–Kier alpha value is -3.59. The van der Waals surface area contributed by atoms with E-state index in [1.54, 1.807) is 24.0 Å². The Morgan fingerprint density at radius 2 is 1.85 bits per heavy atom. The van der Waals surface area contributed by atoms with Crippen LogP contribution in [0.2, 0.25) is 0 Å². The monoisotopic (exact) mass is 477 g/mol. The molecule has 1 aliphatic rings. The molecule has 0 saturated heterocycles. The molecule has 3 aromatic heterocycles. The Balaban J connectivity index is 1.39. The highest BCUT2D eigenvalue weighted by Gasteiger charge is 2.46. The lowest BCUT2D eigenvalue weighted by molar-refractivity contribution is 0.0920. The second-order valence-corrected chi connectivity index (χ2v) is 9.49. The molecule has 1 fully saturated rings. The van der Waals surface area contributed by atoms with Crippen LogP contribution in [-0.4, -0.2) is 35.2 Å². The van der Waals surface area contributed by atoms with Crippen molar-refractivity contribution in [3.63, 3.8) is 0 Å². The summed E-state index contributed by atoms with van der Waals surface area (Å²) in [5.41, 5.74) is 1.65. The number of halogens is 1. The van der Waals surface area contributed by atoms with Crippen LogP contribution in [0.1, 0.15) is 61.3 Å². The van der Waals surface area contributed by atoms with Gasteiger partial charge in [0.15, 0.2) is 5.65 Å². The molecule has 34 heavy (non-hydrogen) atoms. The lowest BCUT2D eigenvalue weighted by Gasteiger charge is -2.18. The fraction of sp³-hybridized carbons (Fsp3) is 0.333. The lowest BCUT2D eigenvalue weighted by atomic mass is 10.0. The molecule has 4 aromatic rings. The summed E-state index contributed by atoms with van der Waals surface area (Å²) in [6.45, 7) is 5.73. The molecule has 1 amide bonds. The number of fused-ring (bicyclic) bond motifs is 1. The van der Waals surface area contributed by atoms with Gasteiger partial charge in [-0.05, 0) is 44.7 Å². The number of amides is 1. The maximum atomic E-state index is 13.0. The molecule has 0 aliphatic heterocycles. The molecule has 3 heterocycles. The van der Waals surface area contributed by atoms with Gasteiger partial charge in [0, 0.05) is 18.4 Å². The number of carbonyl (C=O) groups excluding carboxylic acids is 1. The van der Waals surface area contributed by atoms with Gasteiger partial charge in [-0.2, -0.15) is 5.10 Å². The molecule has 0 bridgehead atoms. The first-order valence-electron chi connectivity index (χ1n) is 11.1. The average molecular weight is 478 g/mol. The van der Waals surface area contributed by atoms with E-state index in [1.807, 2.05) is 38.1 Å². The van der Waals surface area contributed by atoms with Crippen LogP contribution in [0.5, 0.6) is 0 Å². The first kappa shape index (κ1) is 22.2. The van der Waals surface area contributed by atoms with Crippen molar-refractivity contribution in [1.82, 2.24) is 34.6 Å². The Bertz CT molecular complexity index is 1440. The van der Waals surface area contributed by atoms with E-state index >= 15 is 0 Å². The van der Waals surface area contributed by atoms with E-state index in [1.165, 1.54) is 17.1 Å². The fourth-order valence-electron chi connectivity index (χ4n) is 4.05. The largest absolute Gasteiger partial charge is 0.340 e. The van der Waals surface area contributed by atoms with Crippen molar-refractivity contribution in [1.29, 1.82) is 0 Å². The molecule has 1 aromatic carbocycles. The Morgan fingerprint density at radius 3 is 2.50 bits per heavy atom. The molecule has 0 spiro atoms. The minimum absolute atomic E-state index is 0.115. The quantitative estimate of drug-likeness (QED) is 0.423. The molecular formula is C24H24ClN7O2. The summed E-state index contributed by atoms with van der Waals surface area (Å²) in [6.07, 6.45) is 7.92. The first-order valence-corrected chi connectivity index (χ1v) is 11.6. The summed E-state index contributed by atoms with van der Waals surface area (Å²) in [5.74, 6) is -0.213. The predicted octanol–water partition coefficient (Wildman–Crippen LogP) is 3.81. The molecule has 1 atom stereocenters. The van der Waals surface area contributed by atoms with E-state index in [-0.39, 0.29) is 23.3 Å². The molecule has 1 saturated carbocycles. The summed E-state index contributed by atoms with van der Waals surface area (Å²) < 4.78 is 3.16. The number of hydrogen-bond acceptors (Lipinski definition) is 6. The highest BCUT2D eigenvalue weighted by molar-refractivity contribution is 6.18. The van der Waals surface area contributed by atoms with E-state index in [9.17, 15) is 9.59 Å². The zero-order chi connectivity index (χ0) is 24.0. The van der Waals surface area contributed by atoms with Crippen molar-refractivity contribution in [3.8, 4) is 11.1 Å². The summed E-state index contributed by atoms with van der Waals surface area (Å²) in [5, 5.41) is 8.23. The number of benzene rings is 1. The maximum absolute atomic E-state index is 13.0. The van der Waals surface area contributed by atoms with E-state index in [0.717, 1.165) is 29.4 Å². The SMILES string of the molecule is CC(C)n1ncc2cnc(C(=O)NC3(c4ccc(-c5cncn([C@@H](C)Cl)c5=O)cc4)CC3)nc21. The highest BCUT2D eigenvalue weighted by Crippen LogP contribution is 2.46. The minimum atomic E-state index is -0.496. The van der Waals surface area contributed by atoms with Crippen LogP contribution < -0.4 is 10.9 Å². The zero-order valence-corrected chi connectivity index (χ0v) is 19.8. The number of rotatable bonds is 6. The third-order valence-electron chi connectivity index (χ3n) is 6.12.